The standard InChI is InChI=1S/ClH.O.Ti.Zr/h1H;;;/q;;+1;/p-1. The maximum absolute atomic E-state index is 8.34. The zero-order valence-corrected chi connectivity index (χ0v) is 6.56. The van der Waals surface area contributed by atoms with Gasteiger partial charge in [-0.25, -0.2) is 0 Å². The van der Waals surface area contributed by atoms with Gasteiger partial charge in [0.25, 0.3) is 0 Å². The minimum atomic E-state index is 0.300. The average molecular weight is 191 g/mol. The summed E-state index contributed by atoms with van der Waals surface area (Å²) in [5, 5.41) is 0. The quantitative estimate of drug-likeness (QED) is 0.511. The molecule has 0 radical (unpaired) electrons. The molecule has 0 aromatic heterocycles. The summed E-state index contributed by atoms with van der Waals surface area (Å²) in [6.07, 6.45) is 0. The molecule has 0 bridgehead atoms. The van der Waals surface area contributed by atoms with Gasteiger partial charge in [0, 0.05) is 0 Å². The zero-order chi connectivity index (χ0) is 4.00. The van der Waals surface area contributed by atoms with Gasteiger partial charge in [-0.3, -0.25) is 0 Å². The maximum atomic E-state index is 8.34. The fourth-order valence-corrected chi connectivity index (χ4v) is 0. The first-order valence-electron chi connectivity index (χ1n) is 0.393. The van der Waals surface area contributed by atoms with E-state index >= 15 is 0 Å². The van der Waals surface area contributed by atoms with Crippen LogP contribution in [0.15, 0.2) is 0 Å². The van der Waals surface area contributed by atoms with E-state index in [1.54, 1.807) is 0 Å². The first-order chi connectivity index (χ1) is 2.00. The first kappa shape index (κ1) is 9.19. The Morgan fingerprint density at radius 3 is 1.50 bits per heavy atom. The second kappa shape index (κ2) is 22.4. The molecular weight excluding hydrogens is 191 g/mol. The van der Waals surface area contributed by atoms with Crippen LogP contribution in [0.4, 0.5) is 0 Å². The van der Waals surface area contributed by atoms with Crippen LogP contribution in [0, 0.1) is 0 Å². The van der Waals surface area contributed by atoms with Crippen LogP contribution in [0.1, 0.15) is 0 Å². The topological polar surface area (TPSA) is 17.1 Å². The number of hydrogen-bond donors (Lipinski definition) is 0. The van der Waals surface area contributed by atoms with Crippen LogP contribution in [-0.4, -0.2) is 0 Å². The number of hydrogen-bond acceptors (Lipinski definition) is 1. The summed E-state index contributed by atoms with van der Waals surface area (Å²) in [6, 6.07) is 0. The van der Waals surface area contributed by atoms with E-state index in [-0.39, 0.29) is 0 Å². The molecule has 0 saturated heterocycles. The van der Waals surface area contributed by atoms with Crippen molar-refractivity contribution in [3.8, 4) is 0 Å². The fourth-order valence-electron chi connectivity index (χ4n) is 0. The Bertz CT molecular complexity index is 8.00. The summed E-state index contributed by atoms with van der Waals surface area (Å²) in [7, 11) is 4.64. The molecule has 0 spiro atoms. The van der Waals surface area contributed by atoms with Gasteiger partial charge in [-0.05, 0) is 0 Å². The van der Waals surface area contributed by atoms with Gasteiger partial charge in [-0.2, -0.15) is 0 Å². The Labute approximate surface area is 55.7 Å². The summed E-state index contributed by atoms with van der Waals surface area (Å²) in [6.45, 7) is 0. The zero-order valence-electron chi connectivity index (χ0n) is 1.79. The van der Waals surface area contributed by atoms with E-state index in [9.17, 15) is 0 Å². The van der Waals surface area contributed by atoms with Crippen LogP contribution >= 0.6 is 9.30 Å². The number of rotatable bonds is 0. The molecule has 0 aromatic carbocycles. The van der Waals surface area contributed by atoms with E-state index in [1.165, 1.54) is 19.4 Å². The third kappa shape index (κ3) is 9.35. The van der Waals surface area contributed by atoms with Crippen molar-refractivity contribution < 1.29 is 46.9 Å². The summed E-state index contributed by atoms with van der Waals surface area (Å²) < 4.78 is 8.34. The predicted octanol–water partition coefficient (Wildman–Crippen LogP) is 0.566. The van der Waals surface area contributed by atoms with Crippen LogP contribution in [0.25, 0.3) is 0 Å². The molecule has 0 atom stereocenters. The molecule has 0 fully saturated rings. The van der Waals surface area contributed by atoms with Crippen LogP contribution < -0.4 is 0 Å². The molecular formula is ClOTiZr. The molecule has 21 valence electrons. The average Bonchev–Trinajstić information content (AvgIpc) is 1.50. The van der Waals surface area contributed by atoms with Gasteiger partial charge in [-0.1, -0.05) is 0 Å². The SMILES string of the molecule is [Cl][Ti].[O]=[Zr]. The van der Waals surface area contributed by atoms with Crippen LogP contribution in [0.2, 0.25) is 0 Å². The van der Waals surface area contributed by atoms with Crippen molar-refractivity contribution in [1.82, 2.24) is 0 Å². The third-order valence-electron chi connectivity index (χ3n) is 0. The Balaban J connectivity index is 0. The van der Waals surface area contributed by atoms with E-state index in [0.29, 0.717) is 24.7 Å². The molecule has 4 heavy (non-hydrogen) atoms. The molecule has 0 rings (SSSR count). The minimum absolute atomic E-state index is 0.300. The van der Waals surface area contributed by atoms with Crippen LogP contribution in [-0.2, 0) is 46.9 Å². The van der Waals surface area contributed by atoms with E-state index in [2.05, 4.69) is 9.30 Å². The third-order valence-corrected chi connectivity index (χ3v) is 0. The van der Waals surface area contributed by atoms with E-state index in [1.807, 2.05) is 0 Å². The molecule has 0 aliphatic heterocycles. The monoisotopic (exact) mass is 189 g/mol. The molecule has 0 saturated carbocycles. The van der Waals surface area contributed by atoms with Crippen molar-refractivity contribution >= 4 is 9.30 Å². The second-order valence-electron chi connectivity index (χ2n) is 0. The van der Waals surface area contributed by atoms with Crippen molar-refractivity contribution in [2.75, 3.05) is 0 Å². The Morgan fingerprint density at radius 2 is 1.50 bits per heavy atom. The second-order valence-corrected chi connectivity index (χ2v) is 0. The normalized spacial score (nSPS) is 1.75. The van der Waals surface area contributed by atoms with E-state index in [4.69, 9.17) is 2.81 Å². The van der Waals surface area contributed by atoms with Gasteiger partial charge in [-0.15, -0.1) is 0 Å². The van der Waals surface area contributed by atoms with Crippen LogP contribution in [0.5, 0.6) is 0 Å². The number of halogens is 1. The van der Waals surface area contributed by atoms with Gasteiger partial charge in [0.15, 0.2) is 0 Å². The van der Waals surface area contributed by atoms with Crippen molar-refractivity contribution in [2.45, 2.75) is 0 Å². The van der Waals surface area contributed by atoms with Crippen molar-refractivity contribution in [2.24, 2.45) is 0 Å². The van der Waals surface area contributed by atoms with Gasteiger partial charge >= 0.3 is 56.2 Å². The molecule has 0 N–H and O–H groups in total. The summed E-state index contributed by atoms with van der Waals surface area (Å²) in [5.41, 5.74) is 0. The molecule has 0 unspecified atom stereocenters. The van der Waals surface area contributed by atoms with Gasteiger partial charge in [0.2, 0.25) is 0 Å². The first-order valence-corrected chi connectivity index (χ1v) is 3.55. The molecule has 0 aromatic rings. The van der Waals surface area contributed by atoms with E-state index in [0.717, 1.165) is 0 Å². The van der Waals surface area contributed by atoms with Gasteiger partial charge < -0.3 is 0 Å². The Morgan fingerprint density at radius 1 is 1.50 bits per heavy atom. The summed E-state index contributed by atoms with van der Waals surface area (Å²) >= 11 is 1.77. The Hall–Kier alpha value is 1.69. The molecule has 0 amide bonds. The Kier molecular flexibility index (Phi) is 51.4. The van der Waals surface area contributed by atoms with Crippen molar-refractivity contribution in [3.63, 3.8) is 0 Å². The fraction of sp³-hybridized carbons (Fsp3) is 0. The van der Waals surface area contributed by atoms with Gasteiger partial charge in [0.1, 0.15) is 0 Å². The molecule has 0 aliphatic carbocycles. The predicted molar refractivity (Wildman–Crippen MR) is 6.54 cm³/mol. The van der Waals surface area contributed by atoms with Crippen molar-refractivity contribution in [1.29, 1.82) is 0 Å². The summed E-state index contributed by atoms with van der Waals surface area (Å²) in [4.78, 5) is 0. The van der Waals surface area contributed by atoms with E-state index < -0.39 is 0 Å². The molecule has 4 heteroatoms. The molecule has 0 heterocycles. The van der Waals surface area contributed by atoms with Crippen LogP contribution in [0.3, 0.4) is 0 Å². The van der Waals surface area contributed by atoms with Crippen molar-refractivity contribution in [3.05, 3.63) is 0 Å². The summed E-state index contributed by atoms with van der Waals surface area (Å²) in [5.74, 6) is 0. The van der Waals surface area contributed by atoms with Gasteiger partial charge in [0.05, 0.1) is 0 Å². The molecule has 1 nitrogen and oxygen atoms in total. The molecule has 0 aliphatic rings.